The van der Waals surface area contributed by atoms with E-state index >= 15 is 0 Å². The van der Waals surface area contributed by atoms with Crippen molar-refractivity contribution in [3.63, 3.8) is 0 Å². The lowest BCUT2D eigenvalue weighted by Gasteiger charge is -2.32. The van der Waals surface area contributed by atoms with Crippen LogP contribution >= 0.6 is 0 Å². The van der Waals surface area contributed by atoms with Gasteiger partial charge in [-0.2, -0.15) is 4.31 Å². The van der Waals surface area contributed by atoms with Gasteiger partial charge in [0, 0.05) is 6.07 Å². The van der Waals surface area contributed by atoms with Crippen LogP contribution in [0.15, 0.2) is 29.2 Å². The molecule has 0 bridgehead atoms. The number of para-hydroxylation sites is 1. The number of rotatable bonds is 8. The summed E-state index contributed by atoms with van der Waals surface area (Å²) < 4.78 is 31.4. The second kappa shape index (κ2) is 8.44. The van der Waals surface area contributed by atoms with E-state index in [-0.39, 0.29) is 4.31 Å². The quantitative estimate of drug-likeness (QED) is 0.218. The van der Waals surface area contributed by atoms with Crippen molar-refractivity contribution in [2.24, 2.45) is 0 Å². The molecule has 1 fully saturated rings. The minimum Gasteiger partial charge on any atom is -0.480 e. The molecule has 5 N–H and O–H groups in total. The number of benzene rings is 1. The van der Waals surface area contributed by atoms with Gasteiger partial charge in [-0.05, 0) is 6.07 Å². The fourth-order valence-electron chi connectivity index (χ4n) is 2.78. The molecule has 13 nitrogen and oxygen atoms in total. The van der Waals surface area contributed by atoms with Crippen molar-refractivity contribution >= 4 is 21.7 Å². The molecule has 1 saturated heterocycles. The smallest absolute Gasteiger partial charge is 0.324 e. The number of ether oxygens (including phenoxy) is 1. The summed E-state index contributed by atoms with van der Waals surface area (Å²) in [4.78, 5) is 20.8. The predicted octanol–water partition coefficient (Wildman–Crippen LogP) is -2.53. The van der Waals surface area contributed by atoms with E-state index in [1.165, 1.54) is 6.07 Å². The highest BCUT2D eigenvalue weighted by Crippen LogP contribution is 2.33. The standard InChI is InChI=1S/C14H18N2O11S/c17-5-8(14(21)22)15(13-12(20)11(19)9(6-18)27-13)28(25,26)10-4-2-1-3-7(10)16(23)24/h1-4,8-9,11-13,17-20H,5-6H2,(H,21,22)/t8-,9-,11-,12+,13+/m0/s1. The first-order valence-electron chi connectivity index (χ1n) is 7.81. The van der Waals surface area contributed by atoms with E-state index < -0.39 is 75.3 Å². The third-order valence-corrected chi connectivity index (χ3v) is 6.07. The molecule has 0 spiro atoms. The summed E-state index contributed by atoms with van der Waals surface area (Å²) >= 11 is 0. The van der Waals surface area contributed by atoms with Gasteiger partial charge < -0.3 is 30.3 Å². The van der Waals surface area contributed by atoms with E-state index in [2.05, 4.69) is 0 Å². The Bertz CT molecular complexity index is 845. The van der Waals surface area contributed by atoms with Crippen LogP contribution in [0.1, 0.15) is 0 Å². The number of carboxylic acid groups (broad SMARTS) is 1. The summed E-state index contributed by atoms with van der Waals surface area (Å²) in [6.07, 6.45) is -7.25. The van der Waals surface area contributed by atoms with Crippen molar-refractivity contribution < 1.29 is 48.4 Å². The fourth-order valence-corrected chi connectivity index (χ4v) is 4.60. The first-order valence-corrected chi connectivity index (χ1v) is 9.25. The SMILES string of the molecule is O=C(O)[C@H](CO)N([C@@H]1O[C@@H](CO)[C@H](O)[C@H]1O)S(=O)(=O)c1ccccc1[N+](=O)[O-]. The summed E-state index contributed by atoms with van der Waals surface area (Å²) in [6, 6.07) is 1.86. The van der Waals surface area contributed by atoms with E-state index in [1.807, 2.05) is 0 Å². The number of carboxylic acids is 1. The van der Waals surface area contributed by atoms with Gasteiger partial charge in [0.15, 0.2) is 11.1 Å². The Labute approximate surface area is 158 Å². The molecule has 0 aliphatic carbocycles. The Hall–Kier alpha value is -2.20. The second-order valence-electron chi connectivity index (χ2n) is 5.83. The average Bonchev–Trinajstić information content (AvgIpc) is 2.93. The van der Waals surface area contributed by atoms with Crippen LogP contribution in [-0.4, -0.2) is 92.9 Å². The summed E-state index contributed by atoms with van der Waals surface area (Å²) in [5.41, 5.74) is -0.874. The van der Waals surface area contributed by atoms with Crippen molar-refractivity contribution in [2.75, 3.05) is 13.2 Å². The molecular formula is C14H18N2O11S. The highest BCUT2D eigenvalue weighted by atomic mass is 32.2. The molecule has 1 aromatic carbocycles. The van der Waals surface area contributed by atoms with Crippen LogP contribution < -0.4 is 0 Å². The number of carbonyl (C=O) groups is 1. The number of aliphatic hydroxyl groups is 4. The molecule has 0 aromatic heterocycles. The lowest BCUT2D eigenvalue weighted by atomic mass is 10.1. The van der Waals surface area contributed by atoms with Crippen LogP contribution in [0.3, 0.4) is 0 Å². The Morgan fingerprint density at radius 3 is 2.32 bits per heavy atom. The fraction of sp³-hybridized carbons (Fsp3) is 0.500. The molecule has 1 heterocycles. The van der Waals surface area contributed by atoms with Gasteiger partial charge in [0.05, 0.1) is 18.1 Å². The molecule has 28 heavy (non-hydrogen) atoms. The van der Waals surface area contributed by atoms with Gasteiger partial charge in [-0.15, -0.1) is 0 Å². The molecule has 5 atom stereocenters. The Morgan fingerprint density at radius 2 is 1.86 bits per heavy atom. The van der Waals surface area contributed by atoms with E-state index in [0.29, 0.717) is 0 Å². The van der Waals surface area contributed by atoms with Gasteiger partial charge in [-0.3, -0.25) is 14.9 Å². The number of nitro groups is 1. The van der Waals surface area contributed by atoms with Crippen LogP contribution in [-0.2, 0) is 19.6 Å². The maximum atomic E-state index is 13.1. The summed E-state index contributed by atoms with van der Waals surface area (Å²) in [7, 11) is -5.03. The van der Waals surface area contributed by atoms with Gasteiger partial charge in [0.2, 0.25) is 0 Å². The number of hydrogen-bond donors (Lipinski definition) is 5. The topological polar surface area (TPSA) is 208 Å². The third kappa shape index (κ3) is 3.83. The molecule has 1 aromatic rings. The maximum absolute atomic E-state index is 13.1. The molecule has 2 rings (SSSR count). The van der Waals surface area contributed by atoms with E-state index in [1.54, 1.807) is 0 Å². The first kappa shape index (κ1) is 22.1. The van der Waals surface area contributed by atoms with Crippen molar-refractivity contribution in [1.82, 2.24) is 4.31 Å². The number of aliphatic hydroxyl groups excluding tert-OH is 4. The number of nitrogens with zero attached hydrogens (tertiary/aromatic N) is 2. The molecule has 0 amide bonds. The number of aliphatic carboxylic acids is 1. The van der Waals surface area contributed by atoms with Crippen LogP contribution in [0, 0.1) is 10.1 Å². The Balaban J connectivity index is 2.66. The third-order valence-electron chi connectivity index (χ3n) is 4.15. The Kier molecular flexibility index (Phi) is 6.66. The highest BCUT2D eigenvalue weighted by Gasteiger charge is 2.53. The van der Waals surface area contributed by atoms with Crippen molar-refractivity contribution in [3.8, 4) is 0 Å². The normalized spacial score (nSPS) is 26.3. The molecule has 0 saturated carbocycles. The molecular weight excluding hydrogens is 404 g/mol. The molecule has 156 valence electrons. The summed E-state index contributed by atoms with van der Waals surface area (Å²) in [5, 5.41) is 59.1. The van der Waals surface area contributed by atoms with E-state index in [9.17, 15) is 48.9 Å². The van der Waals surface area contributed by atoms with Gasteiger partial charge in [0.25, 0.3) is 15.7 Å². The van der Waals surface area contributed by atoms with E-state index in [4.69, 9.17) is 4.74 Å². The van der Waals surface area contributed by atoms with Gasteiger partial charge in [0.1, 0.15) is 24.4 Å². The van der Waals surface area contributed by atoms with Gasteiger partial charge >= 0.3 is 5.97 Å². The minimum absolute atomic E-state index is 0.0429. The van der Waals surface area contributed by atoms with Crippen LogP contribution in [0.2, 0.25) is 0 Å². The zero-order chi connectivity index (χ0) is 21.2. The molecule has 1 aliphatic rings. The first-order chi connectivity index (χ1) is 13.1. The monoisotopic (exact) mass is 422 g/mol. The minimum atomic E-state index is -5.03. The van der Waals surface area contributed by atoms with Crippen molar-refractivity contribution in [1.29, 1.82) is 0 Å². The predicted molar refractivity (Wildman–Crippen MR) is 88.4 cm³/mol. The van der Waals surface area contributed by atoms with Crippen molar-refractivity contribution in [2.45, 2.75) is 35.5 Å². The Morgan fingerprint density at radius 1 is 1.25 bits per heavy atom. The number of nitro benzene ring substituents is 1. The molecule has 14 heteroatoms. The molecule has 0 radical (unpaired) electrons. The zero-order valence-electron chi connectivity index (χ0n) is 14.1. The number of sulfonamides is 1. The summed E-state index contributed by atoms with van der Waals surface area (Å²) in [5.74, 6) is -1.83. The molecule has 1 aliphatic heterocycles. The lowest BCUT2D eigenvalue weighted by molar-refractivity contribution is -0.387. The summed E-state index contributed by atoms with van der Waals surface area (Å²) in [6.45, 7) is -2.09. The zero-order valence-corrected chi connectivity index (χ0v) is 14.9. The maximum Gasteiger partial charge on any atom is 0.324 e. The second-order valence-corrected chi connectivity index (χ2v) is 7.64. The van der Waals surface area contributed by atoms with E-state index in [0.717, 1.165) is 18.2 Å². The van der Waals surface area contributed by atoms with Gasteiger partial charge in [-0.1, -0.05) is 12.1 Å². The lowest BCUT2D eigenvalue weighted by Crippen LogP contribution is -2.56. The van der Waals surface area contributed by atoms with Crippen LogP contribution in [0.4, 0.5) is 5.69 Å². The molecule has 0 unspecified atom stereocenters. The largest absolute Gasteiger partial charge is 0.480 e. The van der Waals surface area contributed by atoms with Crippen LogP contribution in [0.5, 0.6) is 0 Å². The van der Waals surface area contributed by atoms with Crippen LogP contribution in [0.25, 0.3) is 0 Å². The number of hydrogen-bond acceptors (Lipinski definition) is 10. The van der Waals surface area contributed by atoms with Gasteiger partial charge in [-0.25, -0.2) is 8.42 Å². The highest BCUT2D eigenvalue weighted by molar-refractivity contribution is 7.89. The average molecular weight is 422 g/mol. The van der Waals surface area contributed by atoms with Crippen molar-refractivity contribution in [3.05, 3.63) is 34.4 Å².